The average Bonchev–Trinajstić information content (AvgIpc) is 2.89. The van der Waals surface area contributed by atoms with Crippen LogP contribution in [0.25, 0.3) is 0 Å². The quantitative estimate of drug-likeness (QED) is 0.340. The number of nitrogens with one attached hydrogen (secondary N) is 1. The van der Waals surface area contributed by atoms with Crippen LogP contribution in [0.4, 0.5) is 4.79 Å². The van der Waals surface area contributed by atoms with Crippen molar-refractivity contribution in [3.8, 4) is 0 Å². The van der Waals surface area contributed by atoms with Crippen molar-refractivity contribution >= 4 is 6.03 Å². The van der Waals surface area contributed by atoms with E-state index in [-0.39, 0.29) is 23.9 Å². The molecule has 0 aromatic heterocycles. The van der Waals surface area contributed by atoms with E-state index in [0.29, 0.717) is 32.1 Å². The first-order valence-electron chi connectivity index (χ1n) is 14.1. The topological polar surface area (TPSA) is 87.8 Å². The van der Waals surface area contributed by atoms with E-state index in [4.69, 9.17) is 10.5 Å². The van der Waals surface area contributed by atoms with Crippen LogP contribution in [0.2, 0.25) is 0 Å². The van der Waals surface area contributed by atoms with Crippen molar-refractivity contribution in [2.75, 3.05) is 33.4 Å². The van der Waals surface area contributed by atoms with Gasteiger partial charge in [0.15, 0.2) is 0 Å². The van der Waals surface area contributed by atoms with Crippen molar-refractivity contribution in [3.05, 3.63) is 35.9 Å². The van der Waals surface area contributed by atoms with E-state index in [9.17, 15) is 9.90 Å². The predicted molar refractivity (Wildman–Crippen MR) is 142 cm³/mol. The van der Waals surface area contributed by atoms with Crippen LogP contribution < -0.4 is 11.1 Å². The van der Waals surface area contributed by atoms with Gasteiger partial charge in [-0.2, -0.15) is 0 Å². The number of benzene rings is 1. The van der Waals surface area contributed by atoms with Gasteiger partial charge in [0, 0.05) is 31.7 Å². The predicted octanol–water partition coefficient (Wildman–Crippen LogP) is 5.05. The summed E-state index contributed by atoms with van der Waals surface area (Å²) in [5.74, 6) is 0.898. The summed E-state index contributed by atoms with van der Waals surface area (Å²) in [7, 11) is 2.00. The number of piperidine rings is 1. The van der Waals surface area contributed by atoms with E-state index in [1.807, 2.05) is 37.1 Å². The van der Waals surface area contributed by atoms with E-state index in [1.54, 1.807) is 0 Å². The minimum Gasteiger partial charge on any atom is -0.385 e. The fourth-order valence-electron chi connectivity index (χ4n) is 6.85. The lowest BCUT2D eigenvalue weighted by molar-refractivity contribution is -0.0936. The first-order chi connectivity index (χ1) is 17.0. The van der Waals surface area contributed by atoms with Gasteiger partial charge in [-0.15, -0.1) is 0 Å². The Kier molecular flexibility index (Phi) is 11.3. The van der Waals surface area contributed by atoms with Crippen LogP contribution in [0.1, 0.15) is 83.1 Å². The Bertz CT molecular complexity index is 740. The van der Waals surface area contributed by atoms with Gasteiger partial charge in [-0.25, -0.2) is 4.79 Å². The van der Waals surface area contributed by atoms with E-state index in [2.05, 4.69) is 17.4 Å². The average molecular weight is 488 g/mol. The molecule has 0 bridgehead atoms. The van der Waals surface area contributed by atoms with Crippen LogP contribution in [-0.2, 0) is 10.3 Å². The van der Waals surface area contributed by atoms with Crippen molar-refractivity contribution < 1.29 is 14.6 Å². The van der Waals surface area contributed by atoms with Crippen LogP contribution in [0.15, 0.2) is 30.3 Å². The van der Waals surface area contributed by atoms with Gasteiger partial charge in [0.2, 0.25) is 0 Å². The van der Waals surface area contributed by atoms with Crippen molar-refractivity contribution in [3.63, 3.8) is 0 Å². The molecular weight excluding hydrogens is 438 g/mol. The molecule has 1 heterocycles. The molecule has 35 heavy (non-hydrogen) atoms. The van der Waals surface area contributed by atoms with Crippen LogP contribution in [-0.4, -0.2) is 55.4 Å². The molecule has 4 N–H and O–H groups in total. The SMILES string of the molecule is CCOCCCC[C@@](O)(c1ccccc1)C1CCCN(C(N)=O)C1[C@H](CNC)CC1CCCCC1. The molecule has 1 saturated heterocycles. The summed E-state index contributed by atoms with van der Waals surface area (Å²) in [5, 5.41) is 15.9. The zero-order valence-corrected chi connectivity index (χ0v) is 22.1. The highest BCUT2D eigenvalue weighted by Crippen LogP contribution is 2.46. The lowest BCUT2D eigenvalue weighted by Crippen LogP contribution is -2.60. The van der Waals surface area contributed by atoms with Crippen molar-refractivity contribution in [2.24, 2.45) is 23.5 Å². The number of aliphatic hydroxyl groups is 1. The van der Waals surface area contributed by atoms with Crippen LogP contribution in [0.3, 0.4) is 0 Å². The number of nitrogens with zero attached hydrogens (tertiary/aromatic N) is 1. The van der Waals surface area contributed by atoms with Crippen LogP contribution >= 0.6 is 0 Å². The number of urea groups is 1. The highest BCUT2D eigenvalue weighted by Gasteiger charge is 2.49. The number of carbonyl (C=O) groups excluding carboxylic acids is 1. The number of hydrogen-bond donors (Lipinski definition) is 3. The largest absolute Gasteiger partial charge is 0.385 e. The zero-order chi connectivity index (χ0) is 25.1. The van der Waals surface area contributed by atoms with Gasteiger partial charge in [0.1, 0.15) is 0 Å². The van der Waals surface area contributed by atoms with Gasteiger partial charge in [-0.3, -0.25) is 0 Å². The summed E-state index contributed by atoms with van der Waals surface area (Å²) in [6, 6.07) is 9.70. The molecule has 198 valence electrons. The van der Waals surface area contributed by atoms with Gasteiger partial charge in [-0.05, 0) is 76.4 Å². The third-order valence-corrected chi connectivity index (χ3v) is 8.47. The first kappa shape index (κ1) is 27.9. The smallest absolute Gasteiger partial charge is 0.315 e. The molecule has 3 rings (SSSR count). The summed E-state index contributed by atoms with van der Waals surface area (Å²) < 4.78 is 5.56. The summed E-state index contributed by atoms with van der Waals surface area (Å²) in [6.07, 6.45) is 11.8. The minimum absolute atomic E-state index is 0.0554. The van der Waals surface area contributed by atoms with Gasteiger partial charge in [0.05, 0.1) is 5.60 Å². The van der Waals surface area contributed by atoms with Crippen LogP contribution in [0, 0.1) is 17.8 Å². The normalized spacial score (nSPS) is 24.1. The highest BCUT2D eigenvalue weighted by atomic mass is 16.5. The number of hydrogen-bond acceptors (Lipinski definition) is 4. The molecule has 1 aromatic carbocycles. The molecule has 1 aliphatic heterocycles. The molecule has 6 heteroatoms. The Morgan fingerprint density at radius 1 is 1.17 bits per heavy atom. The Morgan fingerprint density at radius 2 is 1.91 bits per heavy atom. The monoisotopic (exact) mass is 487 g/mol. The molecule has 6 nitrogen and oxygen atoms in total. The second-order valence-corrected chi connectivity index (χ2v) is 10.8. The number of likely N-dealkylation sites (tertiary alicyclic amines) is 1. The lowest BCUT2D eigenvalue weighted by atomic mass is 9.65. The molecule has 0 radical (unpaired) electrons. The Morgan fingerprint density at radius 3 is 2.57 bits per heavy atom. The number of ether oxygens (including phenoxy) is 1. The van der Waals surface area contributed by atoms with Gasteiger partial charge in [-0.1, -0.05) is 62.4 Å². The van der Waals surface area contributed by atoms with E-state index in [1.165, 1.54) is 32.1 Å². The molecule has 1 aliphatic carbocycles. The number of unbranched alkanes of at least 4 members (excludes halogenated alkanes) is 1. The number of rotatable bonds is 13. The van der Waals surface area contributed by atoms with Crippen molar-refractivity contribution in [1.82, 2.24) is 10.2 Å². The first-order valence-corrected chi connectivity index (χ1v) is 14.1. The Labute approximate surface area is 213 Å². The zero-order valence-electron chi connectivity index (χ0n) is 22.1. The fraction of sp³-hybridized carbons (Fsp3) is 0.759. The molecule has 0 spiro atoms. The molecule has 2 amide bonds. The minimum atomic E-state index is -1.01. The van der Waals surface area contributed by atoms with Crippen molar-refractivity contribution in [1.29, 1.82) is 0 Å². The van der Waals surface area contributed by atoms with Crippen LogP contribution in [0.5, 0.6) is 0 Å². The third-order valence-electron chi connectivity index (χ3n) is 8.47. The lowest BCUT2D eigenvalue weighted by Gasteiger charge is -2.51. The fourth-order valence-corrected chi connectivity index (χ4v) is 6.85. The molecule has 1 aromatic rings. The molecule has 4 atom stereocenters. The molecule has 2 aliphatic rings. The molecule has 2 fully saturated rings. The Hall–Kier alpha value is -1.63. The highest BCUT2D eigenvalue weighted by molar-refractivity contribution is 5.72. The summed E-state index contributed by atoms with van der Waals surface area (Å²) >= 11 is 0. The second-order valence-electron chi connectivity index (χ2n) is 10.8. The van der Waals surface area contributed by atoms with E-state index < -0.39 is 5.60 Å². The van der Waals surface area contributed by atoms with Gasteiger partial charge >= 0.3 is 6.03 Å². The van der Waals surface area contributed by atoms with Crippen molar-refractivity contribution in [2.45, 2.75) is 89.2 Å². The maximum Gasteiger partial charge on any atom is 0.315 e. The maximum atomic E-state index is 12.7. The Balaban J connectivity index is 1.94. The number of nitrogens with two attached hydrogens (primary N) is 1. The molecular formula is C29H49N3O3. The summed E-state index contributed by atoms with van der Waals surface area (Å²) in [4.78, 5) is 14.6. The van der Waals surface area contributed by atoms with E-state index >= 15 is 0 Å². The van der Waals surface area contributed by atoms with Gasteiger partial charge < -0.3 is 25.8 Å². The second kappa shape index (κ2) is 14.2. The summed E-state index contributed by atoms with van der Waals surface area (Å²) in [6.45, 7) is 4.95. The number of primary amides is 1. The third kappa shape index (κ3) is 7.43. The number of amides is 2. The van der Waals surface area contributed by atoms with E-state index in [0.717, 1.165) is 44.2 Å². The standard InChI is InChI=1S/C29H49N3O3/c1-3-35-20-11-10-18-29(34,25-15-8-5-9-16-25)26-17-12-19-32(28(30)33)27(26)24(22-31-2)21-23-13-6-4-7-14-23/h5,8-9,15-16,23-24,26-27,31,34H,3-4,6-7,10-14,17-22H2,1-2H3,(H2,30,33)/t24-,26?,27?,29+/m0/s1. The molecule has 2 unspecified atom stereocenters. The maximum absolute atomic E-state index is 12.7. The number of carbonyl (C=O) groups is 1. The van der Waals surface area contributed by atoms with Gasteiger partial charge in [0.25, 0.3) is 0 Å². The summed E-state index contributed by atoms with van der Waals surface area (Å²) in [5.41, 5.74) is 5.94. The molecule has 1 saturated carbocycles.